The molecule has 0 radical (unpaired) electrons. The molecule has 2 heterocycles. The number of benzene rings is 2. The molecule has 1 aliphatic rings. The highest BCUT2D eigenvalue weighted by molar-refractivity contribution is 5.65. The van der Waals surface area contributed by atoms with E-state index >= 15 is 0 Å². The lowest BCUT2D eigenvalue weighted by Crippen LogP contribution is -2.36. The molecule has 3 aromatic rings. The van der Waals surface area contributed by atoms with Gasteiger partial charge in [-0.05, 0) is 24.3 Å². The van der Waals surface area contributed by atoms with Gasteiger partial charge in [0.2, 0.25) is 0 Å². The van der Waals surface area contributed by atoms with Crippen molar-refractivity contribution in [3.63, 3.8) is 0 Å². The van der Waals surface area contributed by atoms with Crippen LogP contribution in [0, 0.1) is 5.82 Å². The van der Waals surface area contributed by atoms with Crippen molar-refractivity contribution >= 4 is 17.3 Å². The molecule has 0 unspecified atom stereocenters. The van der Waals surface area contributed by atoms with E-state index in [-0.39, 0.29) is 5.82 Å². The fraction of sp³-hybridized carbons (Fsp3) is 0.200. The summed E-state index contributed by atoms with van der Waals surface area (Å²) in [6.07, 6.45) is 0. The molecule has 1 N–H and O–H groups in total. The Hall–Kier alpha value is -2.99. The smallest absolute Gasteiger partial charge is 0.163 e. The van der Waals surface area contributed by atoms with Gasteiger partial charge in [0.05, 0.1) is 13.2 Å². The fourth-order valence-corrected chi connectivity index (χ4v) is 2.85. The molecule has 0 atom stereocenters. The van der Waals surface area contributed by atoms with Crippen molar-refractivity contribution in [2.45, 2.75) is 0 Å². The number of hydrogen-bond acceptors (Lipinski definition) is 5. The van der Waals surface area contributed by atoms with Crippen molar-refractivity contribution in [3.8, 4) is 11.4 Å². The first kappa shape index (κ1) is 16.5. The van der Waals surface area contributed by atoms with Crippen molar-refractivity contribution in [2.75, 3.05) is 36.5 Å². The van der Waals surface area contributed by atoms with Gasteiger partial charge in [0.15, 0.2) is 5.82 Å². The van der Waals surface area contributed by atoms with Gasteiger partial charge in [0.1, 0.15) is 17.5 Å². The number of ether oxygens (including phenoxy) is 1. The zero-order valence-corrected chi connectivity index (χ0v) is 14.2. The summed E-state index contributed by atoms with van der Waals surface area (Å²) in [5, 5.41) is 3.25. The molecular formula is C20H19FN4O. The normalized spacial score (nSPS) is 14.3. The number of aromatic nitrogens is 2. The second-order valence-electron chi connectivity index (χ2n) is 6.03. The molecule has 0 amide bonds. The maximum Gasteiger partial charge on any atom is 0.163 e. The summed E-state index contributed by atoms with van der Waals surface area (Å²) in [5.74, 6) is 1.91. The Morgan fingerprint density at radius 3 is 2.38 bits per heavy atom. The van der Waals surface area contributed by atoms with Crippen LogP contribution in [-0.2, 0) is 4.74 Å². The number of rotatable bonds is 4. The van der Waals surface area contributed by atoms with Crippen LogP contribution in [0.3, 0.4) is 0 Å². The highest BCUT2D eigenvalue weighted by Gasteiger charge is 2.16. The maximum absolute atomic E-state index is 13.1. The van der Waals surface area contributed by atoms with Gasteiger partial charge in [0, 0.05) is 30.4 Å². The van der Waals surface area contributed by atoms with E-state index in [0.29, 0.717) is 24.9 Å². The van der Waals surface area contributed by atoms with E-state index in [0.717, 1.165) is 30.2 Å². The van der Waals surface area contributed by atoms with Crippen LogP contribution in [0.1, 0.15) is 0 Å². The molecule has 0 saturated carbocycles. The van der Waals surface area contributed by atoms with E-state index in [1.807, 2.05) is 36.4 Å². The molecule has 26 heavy (non-hydrogen) atoms. The highest BCUT2D eigenvalue weighted by Crippen LogP contribution is 2.25. The molecule has 0 spiro atoms. The van der Waals surface area contributed by atoms with E-state index in [1.54, 1.807) is 12.1 Å². The minimum atomic E-state index is -0.266. The molecule has 0 aliphatic carbocycles. The van der Waals surface area contributed by atoms with Crippen molar-refractivity contribution < 1.29 is 9.13 Å². The lowest BCUT2D eigenvalue weighted by atomic mass is 10.2. The monoisotopic (exact) mass is 350 g/mol. The molecular weight excluding hydrogens is 331 g/mol. The lowest BCUT2D eigenvalue weighted by Gasteiger charge is -2.28. The SMILES string of the molecule is Fc1ccc(Nc2cc(N3CCOCC3)nc(-c3ccccc3)n2)cc1. The third-order valence-corrected chi connectivity index (χ3v) is 4.20. The van der Waals surface area contributed by atoms with Crippen LogP contribution in [0.15, 0.2) is 60.7 Å². The maximum atomic E-state index is 13.1. The van der Waals surface area contributed by atoms with Crippen LogP contribution in [0.2, 0.25) is 0 Å². The van der Waals surface area contributed by atoms with E-state index in [4.69, 9.17) is 9.72 Å². The quantitative estimate of drug-likeness (QED) is 0.774. The van der Waals surface area contributed by atoms with Crippen molar-refractivity contribution in [1.29, 1.82) is 0 Å². The van der Waals surface area contributed by atoms with Crippen LogP contribution in [-0.4, -0.2) is 36.3 Å². The van der Waals surface area contributed by atoms with Gasteiger partial charge < -0.3 is 15.0 Å². The molecule has 6 heteroatoms. The second-order valence-corrected chi connectivity index (χ2v) is 6.03. The van der Waals surface area contributed by atoms with E-state index < -0.39 is 0 Å². The molecule has 0 bridgehead atoms. The zero-order chi connectivity index (χ0) is 17.8. The number of hydrogen-bond donors (Lipinski definition) is 1. The first-order chi connectivity index (χ1) is 12.8. The largest absolute Gasteiger partial charge is 0.378 e. The Balaban J connectivity index is 1.70. The summed E-state index contributed by atoms with van der Waals surface area (Å²) in [5.41, 5.74) is 1.72. The van der Waals surface area contributed by atoms with Crippen LogP contribution in [0.5, 0.6) is 0 Å². The third-order valence-electron chi connectivity index (χ3n) is 4.20. The van der Waals surface area contributed by atoms with Crippen LogP contribution in [0.25, 0.3) is 11.4 Å². The summed E-state index contributed by atoms with van der Waals surface area (Å²) in [6, 6.07) is 18.0. The summed E-state index contributed by atoms with van der Waals surface area (Å²) in [7, 11) is 0. The first-order valence-corrected chi connectivity index (χ1v) is 8.58. The number of morpholine rings is 1. The molecule has 2 aromatic carbocycles. The van der Waals surface area contributed by atoms with Gasteiger partial charge >= 0.3 is 0 Å². The second kappa shape index (κ2) is 7.49. The Kier molecular flexibility index (Phi) is 4.75. The predicted molar refractivity (Wildman–Crippen MR) is 100 cm³/mol. The number of halogens is 1. The van der Waals surface area contributed by atoms with Crippen molar-refractivity contribution in [3.05, 3.63) is 66.5 Å². The number of anilines is 3. The van der Waals surface area contributed by atoms with Crippen LogP contribution >= 0.6 is 0 Å². The Morgan fingerprint density at radius 1 is 0.923 bits per heavy atom. The topological polar surface area (TPSA) is 50.3 Å². The predicted octanol–water partition coefficient (Wildman–Crippen LogP) is 3.86. The molecule has 5 nitrogen and oxygen atoms in total. The zero-order valence-electron chi connectivity index (χ0n) is 14.2. The Morgan fingerprint density at radius 2 is 1.65 bits per heavy atom. The Bertz CT molecular complexity index is 865. The average Bonchev–Trinajstić information content (AvgIpc) is 2.71. The van der Waals surface area contributed by atoms with Gasteiger partial charge in [-0.15, -0.1) is 0 Å². The number of nitrogens with zero attached hydrogens (tertiary/aromatic N) is 3. The van der Waals surface area contributed by atoms with Gasteiger partial charge in [-0.25, -0.2) is 14.4 Å². The van der Waals surface area contributed by atoms with E-state index in [9.17, 15) is 4.39 Å². The first-order valence-electron chi connectivity index (χ1n) is 8.58. The molecule has 1 saturated heterocycles. The molecule has 1 aliphatic heterocycles. The average molecular weight is 350 g/mol. The van der Waals surface area contributed by atoms with E-state index in [2.05, 4.69) is 15.2 Å². The molecule has 1 aromatic heterocycles. The molecule has 4 rings (SSSR count). The molecule has 132 valence electrons. The minimum Gasteiger partial charge on any atom is -0.378 e. The molecule has 1 fully saturated rings. The number of nitrogens with one attached hydrogen (secondary N) is 1. The van der Waals surface area contributed by atoms with Gasteiger partial charge in [-0.1, -0.05) is 30.3 Å². The fourth-order valence-electron chi connectivity index (χ4n) is 2.85. The van der Waals surface area contributed by atoms with Gasteiger partial charge in [-0.3, -0.25) is 0 Å². The van der Waals surface area contributed by atoms with Gasteiger partial charge in [-0.2, -0.15) is 0 Å². The minimum absolute atomic E-state index is 0.266. The van der Waals surface area contributed by atoms with Crippen LogP contribution < -0.4 is 10.2 Å². The summed E-state index contributed by atoms with van der Waals surface area (Å²) < 4.78 is 18.6. The van der Waals surface area contributed by atoms with Crippen molar-refractivity contribution in [2.24, 2.45) is 0 Å². The summed E-state index contributed by atoms with van der Waals surface area (Å²) in [4.78, 5) is 11.6. The summed E-state index contributed by atoms with van der Waals surface area (Å²) in [6.45, 7) is 2.96. The lowest BCUT2D eigenvalue weighted by molar-refractivity contribution is 0.122. The van der Waals surface area contributed by atoms with Crippen LogP contribution in [0.4, 0.5) is 21.7 Å². The van der Waals surface area contributed by atoms with Gasteiger partial charge in [0.25, 0.3) is 0 Å². The third kappa shape index (κ3) is 3.81. The van der Waals surface area contributed by atoms with Crippen molar-refractivity contribution in [1.82, 2.24) is 9.97 Å². The van der Waals surface area contributed by atoms with E-state index in [1.165, 1.54) is 12.1 Å². The Labute approximate surface area is 151 Å². The highest BCUT2D eigenvalue weighted by atomic mass is 19.1. The standard InChI is InChI=1S/C20H19FN4O/c21-16-6-8-17(9-7-16)22-18-14-19(25-10-12-26-13-11-25)24-20(23-18)15-4-2-1-3-5-15/h1-9,14H,10-13H2,(H,22,23,24). The summed E-state index contributed by atoms with van der Waals surface area (Å²) >= 11 is 0.